The maximum Gasteiger partial charge on any atom is 0.421 e. The average Bonchev–Trinajstić information content (AvgIpc) is 3.48. The zero-order valence-electron chi connectivity index (χ0n) is 22.9. The molecule has 204 valence electrons. The molecular formula is C25H30N14O+2. The summed E-state index contributed by atoms with van der Waals surface area (Å²) in [6.07, 6.45) is 14.3. The Balaban J connectivity index is 1.48. The molecule has 3 aromatic heterocycles. The molecule has 0 N–H and O–H groups in total. The molecule has 0 aliphatic carbocycles. The molecule has 0 saturated heterocycles. The minimum atomic E-state index is -0.165. The maximum absolute atomic E-state index is 5.25. The van der Waals surface area contributed by atoms with Crippen molar-refractivity contribution in [3.8, 4) is 5.75 Å². The first-order valence-electron chi connectivity index (χ1n) is 12.4. The van der Waals surface area contributed by atoms with Gasteiger partial charge in [0, 0.05) is 43.9 Å². The SMILES string of the molecule is COc1cc[n+](C)c(N=N/C=N/N=c2\cc(C3Cn4cc[n+](C)c4N=N/C=N/N=C4\N(C)C=CN43)ccn2C)c1. The number of ether oxygens (including phenoxy) is 1. The van der Waals surface area contributed by atoms with Crippen molar-refractivity contribution >= 4 is 30.4 Å². The van der Waals surface area contributed by atoms with Crippen LogP contribution in [-0.4, -0.2) is 51.7 Å². The molecule has 40 heavy (non-hydrogen) atoms. The molecule has 0 spiro atoms. The number of guanidine groups is 1. The van der Waals surface area contributed by atoms with Crippen LogP contribution >= 0.6 is 0 Å². The summed E-state index contributed by atoms with van der Waals surface area (Å²) in [4.78, 5) is 3.97. The number of fused-ring (bicyclic) bond motifs is 2. The molecule has 5 rings (SSSR count). The Kier molecular flexibility index (Phi) is 7.61. The van der Waals surface area contributed by atoms with Gasteiger partial charge in [0.1, 0.15) is 5.75 Å². The fraction of sp³-hybridized carbons (Fsp3) is 0.280. The van der Waals surface area contributed by atoms with Crippen LogP contribution in [0.2, 0.25) is 0 Å². The Morgan fingerprint density at radius 2 is 1.95 bits per heavy atom. The third-order valence-electron chi connectivity index (χ3n) is 6.43. The lowest BCUT2D eigenvalue weighted by Crippen LogP contribution is -2.36. The first kappa shape index (κ1) is 26.3. The van der Waals surface area contributed by atoms with Crippen LogP contribution in [-0.2, 0) is 27.7 Å². The number of pyridine rings is 2. The molecule has 0 fully saturated rings. The maximum atomic E-state index is 5.25. The van der Waals surface area contributed by atoms with Crippen molar-refractivity contribution in [2.45, 2.75) is 12.6 Å². The second-order valence-electron chi connectivity index (χ2n) is 9.05. The van der Waals surface area contributed by atoms with Crippen molar-refractivity contribution in [2.24, 2.45) is 62.0 Å². The van der Waals surface area contributed by atoms with Gasteiger partial charge in [0.15, 0.2) is 18.2 Å². The minimum Gasteiger partial charge on any atom is -0.496 e. The predicted octanol–water partition coefficient (Wildman–Crippen LogP) is 1.97. The molecule has 1 unspecified atom stereocenters. The van der Waals surface area contributed by atoms with Crippen molar-refractivity contribution in [1.82, 2.24) is 18.9 Å². The van der Waals surface area contributed by atoms with Gasteiger partial charge < -0.3 is 19.1 Å². The summed E-state index contributed by atoms with van der Waals surface area (Å²) < 4.78 is 12.9. The van der Waals surface area contributed by atoms with Crippen LogP contribution in [0, 0.1) is 0 Å². The lowest BCUT2D eigenvalue weighted by atomic mass is 10.1. The van der Waals surface area contributed by atoms with E-state index in [9.17, 15) is 0 Å². The normalized spacial score (nSPS) is 19.6. The number of hydrogen-bond acceptors (Lipinski definition) is 10. The van der Waals surface area contributed by atoms with Crippen molar-refractivity contribution in [3.63, 3.8) is 0 Å². The molecule has 1 atom stereocenters. The van der Waals surface area contributed by atoms with E-state index in [0.29, 0.717) is 35.5 Å². The fourth-order valence-electron chi connectivity index (χ4n) is 4.20. The van der Waals surface area contributed by atoms with Gasteiger partial charge in [0.05, 0.1) is 63.6 Å². The lowest BCUT2D eigenvalue weighted by Gasteiger charge is -2.28. The second-order valence-corrected chi connectivity index (χ2v) is 9.05. The van der Waals surface area contributed by atoms with E-state index in [1.807, 2.05) is 107 Å². The highest BCUT2D eigenvalue weighted by Crippen LogP contribution is 2.28. The van der Waals surface area contributed by atoms with E-state index < -0.39 is 0 Å². The number of imidazole rings is 1. The Morgan fingerprint density at radius 1 is 1.07 bits per heavy atom. The van der Waals surface area contributed by atoms with Gasteiger partial charge in [-0.2, -0.15) is 0 Å². The monoisotopic (exact) mass is 542 g/mol. The van der Waals surface area contributed by atoms with Crippen LogP contribution in [0.1, 0.15) is 11.6 Å². The summed E-state index contributed by atoms with van der Waals surface area (Å²) in [7, 11) is 9.23. The summed E-state index contributed by atoms with van der Waals surface area (Å²) >= 11 is 0. The van der Waals surface area contributed by atoms with Gasteiger partial charge in [0.2, 0.25) is 5.96 Å². The number of rotatable bonds is 5. The Hall–Kier alpha value is -5.34. The van der Waals surface area contributed by atoms with E-state index in [-0.39, 0.29) is 6.04 Å². The lowest BCUT2D eigenvalue weighted by molar-refractivity contribution is -0.658. The zero-order chi connectivity index (χ0) is 28.1. The molecule has 5 heterocycles. The molecular weight excluding hydrogens is 512 g/mol. The van der Waals surface area contributed by atoms with Gasteiger partial charge in [-0.25, -0.2) is 13.7 Å². The largest absolute Gasteiger partial charge is 0.496 e. The van der Waals surface area contributed by atoms with Crippen molar-refractivity contribution < 1.29 is 13.9 Å². The average molecular weight is 543 g/mol. The van der Waals surface area contributed by atoms with Crippen LogP contribution in [0.25, 0.3) is 0 Å². The Bertz CT molecular complexity index is 1640. The number of aryl methyl sites for hydroxylation is 3. The first-order valence-corrected chi connectivity index (χ1v) is 12.4. The smallest absolute Gasteiger partial charge is 0.421 e. The summed E-state index contributed by atoms with van der Waals surface area (Å²) in [5.74, 6) is 2.65. The summed E-state index contributed by atoms with van der Waals surface area (Å²) in [6, 6.07) is 7.49. The van der Waals surface area contributed by atoms with Gasteiger partial charge in [-0.3, -0.25) is 0 Å². The van der Waals surface area contributed by atoms with Crippen LogP contribution in [0.4, 0.5) is 11.8 Å². The Morgan fingerprint density at radius 3 is 2.80 bits per heavy atom. The molecule has 0 saturated carbocycles. The first-order chi connectivity index (χ1) is 19.4. The van der Waals surface area contributed by atoms with E-state index in [1.54, 1.807) is 13.2 Å². The van der Waals surface area contributed by atoms with E-state index in [2.05, 4.69) is 45.8 Å². The molecule has 3 aromatic rings. The van der Waals surface area contributed by atoms with Crippen molar-refractivity contribution in [1.29, 1.82) is 0 Å². The molecule has 2 aliphatic rings. The van der Waals surface area contributed by atoms with Gasteiger partial charge in [-0.1, -0.05) is 5.11 Å². The standard InChI is InChI=1S/C25H30N14O/c1-34-8-6-19(14-22(34)30-26-17-27-31-23-15-20(40-5)7-9-35(23)2)21-16-38-12-10-36(3)24(38)32-28-18-29-33-25-37(4)11-13-39(21)25/h6-15,17-18,21H,16H2,1-5H3/q+2. The molecule has 0 aromatic carbocycles. The number of nitrogens with zero attached hydrogens (tertiary/aromatic N) is 14. The fourth-order valence-corrected chi connectivity index (χ4v) is 4.20. The van der Waals surface area contributed by atoms with Gasteiger partial charge in [-0.05, 0) is 22.8 Å². The van der Waals surface area contributed by atoms with E-state index in [4.69, 9.17) is 4.74 Å². The molecule has 15 heteroatoms. The number of hydrogen-bond donors (Lipinski definition) is 0. The highest BCUT2D eigenvalue weighted by molar-refractivity contribution is 5.84. The molecule has 0 bridgehead atoms. The topological polar surface area (TPSA) is 132 Å². The second kappa shape index (κ2) is 11.6. The van der Waals surface area contributed by atoms with Crippen LogP contribution in [0.15, 0.2) is 102 Å². The van der Waals surface area contributed by atoms with Crippen LogP contribution < -0.4 is 19.4 Å². The van der Waals surface area contributed by atoms with E-state index >= 15 is 0 Å². The molecule has 2 aliphatic heterocycles. The van der Waals surface area contributed by atoms with Crippen molar-refractivity contribution in [3.05, 3.63) is 72.5 Å². The summed E-state index contributed by atoms with van der Waals surface area (Å²) in [5.41, 5.74) is 1.63. The molecule has 0 radical (unpaired) electrons. The van der Waals surface area contributed by atoms with Gasteiger partial charge in [-0.15, -0.1) is 20.4 Å². The zero-order valence-corrected chi connectivity index (χ0v) is 22.9. The molecule has 15 nitrogen and oxygen atoms in total. The molecule has 0 amide bonds. The highest BCUT2D eigenvalue weighted by Gasteiger charge is 2.31. The van der Waals surface area contributed by atoms with E-state index in [0.717, 1.165) is 5.56 Å². The number of aromatic nitrogens is 4. The van der Waals surface area contributed by atoms with Gasteiger partial charge in [0.25, 0.3) is 0 Å². The Labute approximate surface area is 230 Å². The third kappa shape index (κ3) is 5.57. The highest BCUT2D eigenvalue weighted by atomic mass is 16.5. The summed E-state index contributed by atoms with van der Waals surface area (Å²) in [6.45, 7) is 0.564. The number of methoxy groups -OCH3 is 1. The minimum absolute atomic E-state index is 0.165. The van der Waals surface area contributed by atoms with E-state index in [1.165, 1.54) is 12.7 Å². The van der Waals surface area contributed by atoms with Crippen molar-refractivity contribution in [2.75, 3.05) is 14.2 Å². The van der Waals surface area contributed by atoms with Crippen LogP contribution in [0.3, 0.4) is 0 Å². The number of azo groups is 2. The van der Waals surface area contributed by atoms with Crippen LogP contribution in [0.5, 0.6) is 5.75 Å². The van der Waals surface area contributed by atoms with Gasteiger partial charge >= 0.3 is 11.8 Å². The quantitative estimate of drug-likeness (QED) is 0.161. The third-order valence-corrected chi connectivity index (χ3v) is 6.43. The predicted molar refractivity (Wildman–Crippen MR) is 146 cm³/mol. The summed E-state index contributed by atoms with van der Waals surface area (Å²) in [5, 5.41) is 33.6.